The van der Waals surface area contributed by atoms with Gasteiger partial charge in [-0.25, -0.2) is 4.39 Å². The van der Waals surface area contributed by atoms with E-state index < -0.39 is 34.5 Å². The van der Waals surface area contributed by atoms with Crippen LogP contribution in [-0.2, 0) is 6.18 Å². The number of hydrogen-bond donors (Lipinski definition) is 0. The van der Waals surface area contributed by atoms with Gasteiger partial charge in [-0.1, -0.05) is 0 Å². The largest absolute Gasteiger partial charge is 0.419 e. The average molecular weight is 231 g/mol. The Hall–Kier alpha value is -1.90. The Bertz CT molecular complexity index is 485. The van der Waals surface area contributed by atoms with Crippen LogP contribution in [0.5, 0.6) is 0 Å². The lowest BCUT2D eigenvalue weighted by molar-refractivity contribution is -0.140. The second-order valence-electron chi connectivity index (χ2n) is 3.05. The second-order valence-corrected chi connectivity index (χ2v) is 3.05. The third-order valence-electron chi connectivity index (χ3n) is 1.89. The third-order valence-corrected chi connectivity index (χ3v) is 1.89. The smallest absolute Gasteiger partial charge is 0.294 e. The molecule has 0 saturated carbocycles. The van der Waals surface area contributed by atoms with Gasteiger partial charge in [0, 0.05) is 0 Å². The van der Waals surface area contributed by atoms with Crippen molar-refractivity contribution in [2.45, 2.75) is 13.1 Å². The van der Waals surface area contributed by atoms with Crippen molar-refractivity contribution >= 4 is 5.78 Å². The van der Waals surface area contributed by atoms with E-state index in [-0.39, 0.29) is 0 Å². The highest BCUT2D eigenvalue weighted by atomic mass is 19.4. The minimum atomic E-state index is -4.93. The molecule has 84 valence electrons. The molecule has 1 rings (SSSR count). The molecule has 0 saturated heterocycles. The third kappa shape index (κ3) is 2.19. The predicted octanol–water partition coefficient (Wildman–Crippen LogP) is 2.92. The van der Waals surface area contributed by atoms with Gasteiger partial charge in [0.2, 0.25) is 0 Å². The highest BCUT2D eigenvalue weighted by Gasteiger charge is 2.36. The van der Waals surface area contributed by atoms with E-state index in [4.69, 9.17) is 5.26 Å². The standard InChI is InChI=1S/C10H5F4NO/c1-5(16)7-2-6(4-15)3-8(9(7)11)10(12,13)14/h2-3H,1H3. The average Bonchev–Trinajstić information content (AvgIpc) is 2.15. The van der Waals surface area contributed by atoms with Gasteiger partial charge >= 0.3 is 6.18 Å². The van der Waals surface area contributed by atoms with Crippen molar-refractivity contribution in [2.75, 3.05) is 0 Å². The lowest BCUT2D eigenvalue weighted by Gasteiger charge is -2.10. The first-order valence-electron chi connectivity index (χ1n) is 4.09. The highest BCUT2D eigenvalue weighted by molar-refractivity contribution is 5.95. The van der Waals surface area contributed by atoms with Crippen LogP contribution >= 0.6 is 0 Å². The molecule has 0 bridgehead atoms. The number of carbonyl (C=O) groups is 1. The number of rotatable bonds is 1. The maximum atomic E-state index is 13.3. The summed E-state index contributed by atoms with van der Waals surface area (Å²) in [5.74, 6) is -2.50. The highest BCUT2D eigenvalue weighted by Crippen LogP contribution is 2.33. The molecule has 1 aromatic rings. The summed E-state index contributed by atoms with van der Waals surface area (Å²) >= 11 is 0. The van der Waals surface area contributed by atoms with Crippen molar-refractivity contribution < 1.29 is 22.4 Å². The van der Waals surface area contributed by atoms with Gasteiger partial charge in [0.25, 0.3) is 0 Å². The summed E-state index contributed by atoms with van der Waals surface area (Å²) in [6.07, 6.45) is -4.93. The number of nitriles is 1. The van der Waals surface area contributed by atoms with E-state index in [0.29, 0.717) is 6.07 Å². The molecule has 0 fully saturated rings. The van der Waals surface area contributed by atoms with Gasteiger partial charge in [-0.05, 0) is 19.1 Å². The lowest BCUT2D eigenvalue weighted by atomic mass is 10.0. The minimum Gasteiger partial charge on any atom is -0.294 e. The molecule has 0 aliphatic rings. The molecule has 6 heteroatoms. The van der Waals surface area contributed by atoms with Crippen molar-refractivity contribution in [3.63, 3.8) is 0 Å². The molecule has 0 radical (unpaired) electrons. The molecule has 0 amide bonds. The molecule has 0 spiro atoms. The molecule has 0 unspecified atom stereocenters. The summed E-state index contributed by atoms with van der Waals surface area (Å²) in [7, 11) is 0. The quantitative estimate of drug-likeness (QED) is 0.550. The molecule has 0 atom stereocenters. The summed E-state index contributed by atoms with van der Waals surface area (Å²) in [6.45, 7) is 0.930. The number of halogens is 4. The van der Waals surface area contributed by atoms with Crippen molar-refractivity contribution in [1.82, 2.24) is 0 Å². The number of alkyl halides is 3. The van der Waals surface area contributed by atoms with E-state index in [9.17, 15) is 22.4 Å². The first-order valence-corrected chi connectivity index (χ1v) is 4.09. The van der Waals surface area contributed by atoms with Gasteiger partial charge in [-0.15, -0.1) is 0 Å². The van der Waals surface area contributed by atoms with Gasteiger partial charge in [0.15, 0.2) is 5.78 Å². The van der Waals surface area contributed by atoms with Gasteiger partial charge in [-0.3, -0.25) is 4.79 Å². The molecule has 0 N–H and O–H groups in total. The van der Waals surface area contributed by atoms with E-state index >= 15 is 0 Å². The Kier molecular flexibility index (Phi) is 2.99. The van der Waals surface area contributed by atoms with Crippen molar-refractivity contribution in [3.8, 4) is 6.07 Å². The normalized spacial score (nSPS) is 11.0. The van der Waals surface area contributed by atoms with Crippen molar-refractivity contribution in [2.24, 2.45) is 0 Å². The van der Waals surface area contributed by atoms with Gasteiger partial charge in [0.05, 0.1) is 22.8 Å². The molecule has 1 aromatic carbocycles. The lowest BCUT2D eigenvalue weighted by Crippen LogP contribution is -2.12. The number of hydrogen-bond acceptors (Lipinski definition) is 2. The fourth-order valence-corrected chi connectivity index (χ4v) is 1.15. The van der Waals surface area contributed by atoms with E-state index in [1.54, 1.807) is 0 Å². The molecular formula is C10H5F4NO. The Morgan fingerprint density at radius 1 is 1.38 bits per heavy atom. The Morgan fingerprint density at radius 2 is 1.94 bits per heavy atom. The Morgan fingerprint density at radius 3 is 2.31 bits per heavy atom. The number of ketones is 1. The van der Waals surface area contributed by atoms with Gasteiger partial charge in [0.1, 0.15) is 5.82 Å². The van der Waals surface area contributed by atoms with Crippen LogP contribution in [0.1, 0.15) is 28.4 Å². The summed E-state index contributed by atoms with van der Waals surface area (Å²) in [5.41, 5.74) is -2.73. The first-order chi connectivity index (χ1) is 7.27. The zero-order valence-electron chi connectivity index (χ0n) is 8.02. The van der Waals surface area contributed by atoms with Crippen LogP contribution in [0.3, 0.4) is 0 Å². The van der Waals surface area contributed by atoms with Crippen molar-refractivity contribution in [3.05, 3.63) is 34.6 Å². The van der Waals surface area contributed by atoms with Crippen LogP contribution in [0.25, 0.3) is 0 Å². The summed E-state index contributed by atoms with van der Waals surface area (Å²) in [6, 6.07) is 2.62. The molecule has 0 heterocycles. The Balaban J connectivity index is 3.58. The van der Waals surface area contributed by atoms with Gasteiger partial charge in [-0.2, -0.15) is 18.4 Å². The van der Waals surface area contributed by atoms with Crippen LogP contribution in [0.4, 0.5) is 17.6 Å². The van der Waals surface area contributed by atoms with E-state index in [1.165, 1.54) is 6.07 Å². The molecule has 16 heavy (non-hydrogen) atoms. The molecule has 0 aliphatic heterocycles. The first kappa shape index (κ1) is 12.2. The summed E-state index contributed by atoms with van der Waals surface area (Å²) in [5, 5.41) is 8.47. The van der Waals surface area contributed by atoms with Gasteiger partial charge < -0.3 is 0 Å². The van der Waals surface area contributed by atoms with Crippen LogP contribution in [-0.4, -0.2) is 5.78 Å². The predicted molar refractivity (Wildman–Crippen MR) is 46.1 cm³/mol. The maximum Gasteiger partial charge on any atom is 0.419 e. The maximum absolute atomic E-state index is 13.3. The fraction of sp³-hybridized carbons (Fsp3) is 0.200. The van der Waals surface area contributed by atoms with Crippen LogP contribution < -0.4 is 0 Å². The summed E-state index contributed by atoms with van der Waals surface area (Å²) < 4.78 is 50.3. The molecule has 2 nitrogen and oxygen atoms in total. The number of benzene rings is 1. The summed E-state index contributed by atoms with van der Waals surface area (Å²) in [4.78, 5) is 10.9. The zero-order chi connectivity index (χ0) is 12.5. The molecular weight excluding hydrogens is 226 g/mol. The SMILES string of the molecule is CC(=O)c1cc(C#N)cc(C(F)(F)F)c1F. The van der Waals surface area contributed by atoms with Crippen molar-refractivity contribution in [1.29, 1.82) is 5.26 Å². The fourth-order valence-electron chi connectivity index (χ4n) is 1.15. The molecule has 0 aromatic heterocycles. The Labute approximate surface area is 88.1 Å². The zero-order valence-corrected chi connectivity index (χ0v) is 8.02. The number of nitrogens with zero attached hydrogens (tertiary/aromatic N) is 1. The second kappa shape index (κ2) is 3.93. The number of Topliss-reactive ketones (excluding diaryl/α,β-unsaturated/α-hetero) is 1. The number of carbonyl (C=O) groups excluding carboxylic acids is 1. The van der Waals surface area contributed by atoms with Crippen LogP contribution in [0, 0.1) is 17.1 Å². The van der Waals surface area contributed by atoms with E-state index in [0.717, 1.165) is 13.0 Å². The topological polar surface area (TPSA) is 40.9 Å². The monoisotopic (exact) mass is 231 g/mol. The minimum absolute atomic E-state index is 0.377. The van der Waals surface area contributed by atoms with Crippen LogP contribution in [0.2, 0.25) is 0 Å². The molecule has 0 aliphatic carbocycles. The van der Waals surface area contributed by atoms with E-state index in [1.807, 2.05) is 0 Å². The van der Waals surface area contributed by atoms with Crippen LogP contribution in [0.15, 0.2) is 12.1 Å². The van der Waals surface area contributed by atoms with E-state index in [2.05, 4.69) is 0 Å².